The first kappa shape index (κ1) is 19.3. The van der Waals surface area contributed by atoms with Crippen molar-refractivity contribution in [2.45, 2.75) is 13.3 Å². The van der Waals surface area contributed by atoms with Crippen molar-refractivity contribution in [3.05, 3.63) is 90.0 Å². The van der Waals surface area contributed by atoms with E-state index in [1.54, 1.807) is 17.5 Å². The molecule has 5 aromatic rings. The van der Waals surface area contributed by atoms with Gasteiger partial charge in [0.2, 0.25) is 0 Å². The van der Waals surface area contributed by atoms with E-state index in [1.165, 1.54) is 11.1 Å². The molecule has 5 nitrogen and oxygen atoms in total. The Morgan fingerprint density at radius 2 is 1.84 bits per heavy atom. The number of rotatable bonds is 6. The predicted octanol–water partition coefficient (Wildman–Crippen LogP) is 5.78. The van der Waals surface area contributed by atoms with Crippen molar-refractivity contribution < 1.29 is 0 Å². The average Bonchev–Trinajstić information content (AvgIpc) is 3.28. The van der Waals surface area contributed by atoms with Crippen molar-refractivity contribution in [2.75, 3.05) is 11.9 Å². The molecule has 0 fully saturated rings. The van der Waals surface area contributed by atoms with Gasteiger partial charge in [-0.3, -0.25) is 4.98 Å². The van der Waals surface area contributed by atoms with E-state index in [1.807, 2.05) is 36.8 Å². The topological polar surface area (TPSA) is 63.6 Å². The summed E-state index contributed by atoms with van der Waals surface area (Å²) in [6, 6.07) is 20.9. The monoisotopic (exact) mass is 423 g/mol. The normalized spacial score (nSPS) is 11.0. The number of pyridine rings is 1. The number of hydrogen-bond acceptors (Lipinski definition) is 6. The number of aromatic nitrogens is 4. The lowest BCUT2D eigenvalue weighted by Gasteiger charge is -2.10. The van der Waals surface area contributed by atoms with Crippen molar-refractivity contribution >= 4 is 27.4 Å². The molecule has 0 aliphatic carbocycles. The summed E-state index contributed by atoms with van der Waals surface area (Å²) in [7, 11) is 0. The summed E-state index contributed by atoms with van der Waals surface area (Å²) < 4.78 is 1.16. The minimum Gasteiger partial charge on any atom is -0.370 e. The maximum Gasteiger partial charge on any atom is 0.130 e. The molecule has 1 N–H and O–H groups in total. The van der Waals surface area contributed by atoms with E-state index in [2.05, 4.69) is 67.7 Å². The molecule has 0 amide bonds. The number of benzene rings is 2. The molecule has 0 aliphatic rings. The Balaban J connectivity index is 1.30. The summed E-state index contributed by atoms with van der Waals surface area (Å²) >= 11 is 1.64. The summed E-state index contributed by atoms with van der Waals surface area (Å²) in [4.78, 5) is 17.8. The molecule has 5 rings (SSSR count). The van der Waals surface area contributed by atoms with Crippen LogP contribution in [0.25, 0.3) is 32.6 Å². The van der Waals surface area contributed by atoms with Gasteiger partial charge in [0, 0.05) is 30.6 Å². The third kappa shape index (κ3) is 4.44. The van der Waals surface area contributed by atoms with Crippen LogP contribution in [-0.4, -0.2) is 26.5 Å². The molecule has 6 heteroatoms. The van der Waals surface area contributed by atoms with Crippen LogP contribution in [0.5, 0.6) is 0 Å². The van der Waals surface area contributed by atoms with Crippen LogP contribution in [0, 0.1) is 6.92 Å². The number of fused-ring (bicyclic) bond motifs is 1. The van der Waals surface area contributed by atoms with Gasteiger partial charge in [0.25, 0.3) is 0 Å². The summed E-state index contributed by atoms with van der Waals surface area (Å²) in [5.41, 5.74) is 8.48. The van der Waals surface area contributed by atoms with E-state index >= 15 is 0 Å². The Labute approximate surface area is 184 Å². The highest BCUT2D eigenvalue weighted by Crippen LogP contribution is 2.26. The number of thiazole rings is 1. The molecule has 0 saturated heterocycles. The molecule has 0 radical (unpaired) electrons. The zero-order valence-corrected chi connectivity index (χ0v) is 17.9. The highest BCUT2D eigenvalue weighted by Gasteiger charge is 2.07. The molecule has 2 aromatic carbocycles. The first-order chi connectivity index (χ1) is 15.2. The summed E-state index contributed by atoms with van der Waals surface area (Å²) in [5, 5.41) is 3.46. The number of nitrogens with zero attached hydrogens (tertiary/aromatic N) is 4. The van der Waals surface area contributed by atoms with E-state index in [0.717, 1.165) is 51.6 Å². The molecule has 3 heterocycles. The molecule has 0 unspecified atom stereocenters. The highest BCUT2D eigenvalue weighted by atomic mass is 32.1. The Hall–Kier alpha value is -3.64. The van der Waals surface area contributed by atoms with E-state index < -0.39 is 0 Å². The second kappa shape index (κ2) is 8.62. The summed E-state index contributed by atoms with van der Waals surface area (Å²) in [6.45, 7) is 2.72. The van der Waals surface area contributed by atoms with Crippen LogP contribution in [0.1, 0.15) is 11.4 Å². The van der Waals surface area contributed by atoms with Crippen LogP contribution in [-0.2, 0) is 6.42 Å². The number of aryl methyl sites for hydroxylation is 1. The van der Waals surface area contributed by atoms with Crippen LogP contribution >= 0.6 is 11.3 Å². The quantitative estimate of drug-likeness (QED) is 0.375. The number of anilines is 1. The maximum atomic E-state index is 4.63. The second-order valence-corrected chi connectivity index (χ2v) is 8.23. The van der Waals surface area contributed by atoms with Crippen molar-refractivity contribution in [2.24, 2.45) is 0 Å². The van der Waals surface area contributed by atoms with Gasteiger partial charge in [0.1, 0.15) is 11.6 Å². The molecular formula is C25H21N5S. The Morgan fingerprint density at radius 1 is 0.903 bits per heavy atom. The van der Waals surface area contributed by atoms with Crippen molar-refractivity contribution in [3.63, 3.8) is 0 Å². The molecule has 0 aliphatic heterocycles. The first-order valence-electron chi connectivity index (χ1n) is 10.2. The van der Waals surface area contributed by atoms with Gasteiger partial charge in [-0.2, -0.15) is 0 Å². The van der Waals surface area contributed by atoms with Crippen LogP contribution in [0.2, 0.25) is 0 Å². The molecule has 0 saturated carbocycles. The zero-order valence-electron chi connectivity index (χ0n) is 17.1. The van der Waals surface area contributed by atoms with E-state index in [0.29, 0.717) is 0 Å². The Morgan fingerprint density at radius 3 is 2.74 bits per heavy atom. The van der Waals surface area contributed by atoms with Gasteiger partial charge >= 0.3 is 0 Å². The minimum atomic E-state index is 0.753. The van der Waals surface area contributed by atoms with Gasteiger partial charge in [-0.25, -0.2) is 15.0 Å². The lowest BCUT2D eigenvalue weighted by atomic mass is 10.0. The van der Waals surface area contributed by atoms with E-state index in [4.69, 9.17) is 0 Å². The van der Waals surface area contributed by atoms with Crippen molar-refractivity contribution in [1.82, 2.24) is 19.9 Å². The predicted molar refractivity (Wildman–Crippen MR) is 127 cm³/mol. The zero-order chi connectivity index (χ0) is 21.0. The van der Waals surface area contributed by atoms with E-state index in [-0.39, 0.29) is 0 Å². The van der Waals surface area contributed by atoms with Gasteiger partial charge < -0.3 is 5.32 Å². The Bertz CT molecular complexity index is 1330. The Kier molecular flexibility index (Phi) is 5.37. The number of hydrogen-bond donors (Lipinski definition) is 1. The third-order valence-electron chi connectivity index (χ3n) is 5.11. The van der Waals surface area contributed by atoms with Crippen LogP contribution in [0.4, 0.5) is 5.82 Å². The third-order valence-corrected chi connectivity index (χ3v) is 5.90. The van der Waals surface area contributed by atoms with Gasteiger partial charge in [-0.1, -0.05) is 36.4 Å². The average molecular weight is 424 g/mol. The largest absolute Gasteiger partial charge is 0.370 e. The molecule has 152 valence electrons. The van der Waals surface area contributed by atoms with Crippen LogP contribution in [0.15, 0.2) is 78.6 Å². The standard InChI is InChI=1S/C25H21N5S/c1-17-29-23(20-7-8-22-24(13-20)31-16-28-22)14-25(30-17)27-11-9-18-4-2-5-19(12-18)21-6-3-10-26-15-21/h2-8,10,12-16H,9,11H2,1H3,(H,27,29,30). The van der Waals surface area contributed by atoms with Gasteiger partial charge in [0.15, 0.2) is 0 Å². The lowest BCUT2D eigenvalue weighted by molar-refractivity contribution is 0.983. The fraction of sp³-hybridized carbons (Fsp3) is 0.120. The second-order valence-electron chi connectivity index (χ2n) is 7.34. The highest BCUT2D eigenvalue weighted by molar-refractivity contribution is 7.16. The van der Waals surface area contributed by atoms with E-state index in [9.17, 15) is 0 Å². The minimum absolute atomic E-state index is 0.753. The van der Waals surface area contributed by atoms with Crippen molar-refractivity contribution in [3.8, 4) is 22.4 Å². The summed E-state index contributed by atoms with van der Waals surface area (Å²) in [5.74, 6) is 1.60. The molecule has 0 atom stereocenters. The van der Waals surface area contributed by atoms with Gasteiger partial charge in [-0.15, -0.1) is 11.3 Å². The van der Waals surface area contributed by atoms with Gasteiger partial charge in [-0.05, 0) is 48.2 Å². The molecule has 31 heavy (non-hydrogen) atoms. The summed E-state index contributed by atoms with van der Waals surface area (Å²) in [6.07, 6.45) is 4.59. The lowest BCUT2D eigenvalue weighted by Crippen LogP contribution is -2.08. The molecule has 0 spiro atoms. The molecule has 3 aromatic heterocycles. The smallest absolute Gasteiger partial charge is 0.130 e. The van der Waals surface area contributed by atoms with Crippen molar-refractivity contribution in [1.29, 1.82) is 0 Å². The SMILES string of the molecule is Cc1nc(NCCc2cccc(-c3cccnc3)c2)cc(-c2ccc3ncsc3c2)n1. The van der Waals surface area contributed by atoms with Gasteiger partial charge in [0.05, 0.1) is 21.4 Å². The maximum absolute atomic E-state index is 4.63. The molecule has 0 bridgehead atoms. The van der Waals surface area contributed by atoms with Crippen LogP contribution < -0.4 is 5.32 Å². The van der Waals surface area contributed by atoms with Crippen LogP contribution in [0.3, 0.4) is 0 Å². The fourth-order valence-electron chi connectivity index (χ4n) is 3.60. The first-order valence-corrected chi connectivity index (χ1v) is 11.0. The fourth-order valence-corrected chi connectivity index (χ4v) is 4.31. The number of nitrogens with one attached hydrogen (secondary N) is 1. The molecular weight excluding hydrogens is 402 g/mol.